The second-order valence-electron chi connectivity index (χ2n) is 8.86. The number of benzene rings is 2. The van der Waals surface area contributed by atoms with Crippen molar-refractivity contribution in [3.8, 4) is 0 Å². The molecule has 0 aliphatic carbocycles. The van der Waals surface area contributed by atoms with Crippen molar-refractivity contribution in [1.29, 1.82) is 0 Å². The molecule has 2 fully saturated rings. The van der Waals surface area contributed by atoms with Crippen molar-refractivity contribution in [1.82, 2.24) is 21.7 Å². The maximum absolute atomic E-state index is 12.6. The lowest BCUT2D eigenvalue weighted by Gasteiger charge is -2.13. The summed E-state index contributed by atoms with van der Waals surface area (Å²) in [4.78, 5) is 50.4. The Kier molecular flexibility index (Phi) is 9.10. The molecule has 5 rings (SSSR count). The molecule has 16 nitrogen and oxygen atoms in total. The summed E-state index contributed by atoms with van der Waals surface area (Å²) in [6, 6.07) is 13.6. The first-order valence-corrected chi connectivity index (χ1v) is 12.5. The van der Waals surface area contributed by atoms with Gasteiger partial charge in [-0.15, -0.1) is 0 Å². The van der Waals surface area contributed by atoms with Crippen LogP contribution in [0.15, 0.2) is 68.9 Å². The van der Waals surface area contributed by atoms with Crippen molar-refractivity contribution in [3.63, 3.8) is 0 Å². The Morgan fingerprint density at radius 1 is 0.476 bits per heavy atom. The molecule has 2 saturated heterocycles. The normalized spacial score (nSPS) is 28.2. The van der Waals surface area contributed by atoms with Gasteiger partial charge in [-0.05, 0) is 34.4 Å². The Bertz CT molecular complexity index is 1270. The summed E-state index contributed by atoms with van der Waals surface area (Å²) in [6.45, 7) is -0.529. The number of hydrogen-bond donors (Lipinski definition) is 4. The molecule has 4 bridgehead atoms. The fraction of sp³-hybridized carbons (Fsp3) is 0.231. The maximum Gasteiger partial charge on any atom is 0.272 e. The van der Waals surface area contributed by atoms with Crippen molar-refractivity contribution in [2.45, 2.75) is 24.4 Å². The predicted octanol–water partition coefficient (Wildman–Crippen LogP) is -1.32. The largest absolute Gasteiger partial charge is 0.339 e. The minimum Gasteiger partial charge on any atom is -0.339 e. The van der Waals surface area contributed by atoms with E-state index in [0.29, 0.717) is 22.3 Å². The zero-order valence-electron chi connectivity index (χ0n) is 21.7. The van der Waals surface area contributed by atoms with Crippen molar-refractivity contribution in [2.24, 2.45) is 20.4 Å². The van der Waals surface area contributed by atoms with E-state index in [-0.39, 0.29) is 13.6 Å². The summed E-state index contributed by atoms with van der Waals surface area (Å²) in [5.41, 5.74) is 11.7. The molecule has 42 heavy (non-hydrogen) atoms. The van der Waals surface area contributed by atoms with Crippen molar-refractivity contribution in [2.75, 3.05) is 13.6 Å². The number of ether oxygens (including phenoxy) is 4. The summed E-state index contributed by atoms with van der Waals surface area (Å²) in [5.74, 6) is -2.76. The van der Waals surface area contributed by atoms with E-state index < -0.39 is 48.0 Å². The quantitative estimate of drug-likeness (QED) is 0.296. The molecule has 0 radical (unpaired) electrons. The minimum atomic E-state index is -1.25. The Labute approximate surface area is 237 Å². The van der Waals surface area contributed by atoms with Crippen LogP contribution in [-0.4, -0.2) is 86.5 Å². The number of carbonyl (C=O) groups excluding carboxylic acids is 4. The summed E-state index contributed by atoms with van der Waals surface area (Å²) in [7, 11) is 0. The standard InChI is InChI=1S/C26H24N8O8/c35-23-19-21(41-13-39-19)25(37)33-29-11-17-5-2-6-18(8-17)12-30-34-26(38)22-20(40-14-42-22)24(36)32-28-10-16-4-1-3-15(7-16)9-27-31-23/h1-12,19-22H,13-14H2,(H,31,35)(H,32,36)(H,33,37)(H,34,38)/b27-9+,28-10+,29-11+,30-12+/t19-,20-,21-,22-/m1/s1. The highest BCUT2D eigenvalue weighted by molar-refractivity contribution is 5.94. The molecule has 0 saturated carbocycles. The molecular weight excluding hydrogens is 552 g/mol. The lowest BCUT2D eigenvalue weighted by Crippen LogP contribution is -2.45. The van der Waals surface area contributed by atoms with Crippen LogP contribution in [0.3, 0.4) is 0 Å². The first-order valence-electron chi connectivity index (χ1n) is 12.5. The van der Waals surface area contributed by atoms with E-state index in [1.54, 1.807) is 48.5 Å². The molecular formula is C26H24N8O8. The Hall–Kier alpha value is -5.16. The van der Waals surface area contributed by atoms with Gasteiger partial charge in [-0.25, -0.2) is 21.7 Å². The van der Waals surface area contributed by atoms with Gasteiger partial charge in [0.25, 0.3) is 23.6 Å². The summed E-state index contributed by atoms with van der Waals surface area (Å²) >= 11 is 0. The maximum atomic E-state index is 12.6. The van der Waals surface area contributed by atoms with E-state index in [0.717, 1.165) is 0 Å². The number of rotatable bonds is 0. The highest BCUT2D eigenvalue weighted by atomic mass is 16.7. The van der Waals surface area contributed by atoms with Gasteiger partial charge in [0.05, 0.1) is 24.9 Å². The number of nitrogens with zero attached hydrogens (tertiary/aromatic N) is 4. The summed E-state index contributed by atoms with van der Waals surface area (Å²) in [5, 5.41) is 15.7. The van der Waals surface area contributed by atoms with E-state index in [9.17, 15) is 19.2 Å². The molecule has 2 aromatic rings. The molecule has 0 aromatic heterocycles. The molecule has 4 amide bonds. The SMILES string of the molecule is O=C1N/N=C/c2cccc(c2)/C=N/NC(=O)[C@@H]2OCO[C@H]2C(=O)N/N=C/c2cccc(c2)/C=N/NC(=O)[C@@H]2OCO[C@@H]12. The fourth-order valence-electron chi connectivity index (χ4n) is 3.95. The average molecular weight is 577 g/mol. The van der Waals surface area contributed by atoms with Gasteiger partial charge >= 0.3 is 0 Å². The van der Waals surface area contributed by atoms with E-state index >= 15 is 0 Å². The number of fused-ring (bicyclic) bond motifs is 6. The summed E-state index contributed by atoms with van der Waals surface area (Å²) < 4.78 is 21.1. The lowest BCUT2D eigenvalue weighted by atomic mass is 10.1. The van der Waals surface area contributed by atoms with E-state index in [1.807, 2.05) is 0 Å². The van der Waals surface area contributed by atoms with E-state index in [2.05, 4.69) is 42.1 Å². The van der Waals surface area contributed by atoms with Gasteiger partial charge in [-0.3, -0.25) is 19.2 Å². The van der Waals surface area contributed by atoms with Gasteiger partial charge in [0.15, 0.2) is 24.4 Å². The highest BCUT2D eigenvalue weighted by Gasteiger charge is 2.41. The van der Waals surface area contributed by atoms with Gasteiger partial charge in [-0.2, -0.15) is 20.4 Å². The van der Waals surface area contributed by atoms with E-state index in [4.69, 9.17) is 18.9 Å². The fourth-order valence-corrected chi connectivity index (χ4v) is 3.95. The number of carbonyl (C=O) groups is 4. The smallest absolute Gasteiger partial charge is 0.272 e. The van der Waals surface area contributed by atoms with Gasteiger partial charge in [-0.1, -0.05) is 36.4 Å². The molecule has 3 aliphatic rings. The Balaban J connectivity index is 1.36. The van der Waals surface area contributed by atoms with Crippen molar-refractivity contribution >= 4 is 48.5 Å². The Morgan fingerprint density at radius 2 is 0.738 bits per heavy atom. The van der Waals surface area contributed by atoms with Crippen LogP contribution in [0.25, 0.3) is 0 Å². The molecule has 3 aliphatic heterocycles. The van der Waals surface area contributed by atoms with Gasteiger partial charge < -0.3 is 18.9 Å². The van der Waals surface area contributed by atoms with Crippen LogP contribution in [0.4, 0.5) is 0 Å². The van der Waals surface area contributed by atoms with Crippen LogP contribution in [0.2, 0.25) is 0 Å². The van der Waals surface area contributed by atoms with Crippen molar-refractivity contribution in [3.05, 3.63) is 70.8 Å². The molecule has 216 valence electrons. The third-order valence-corrected chi connectivity index (χ3v) is 5.95. The third kappa shape index (κ3) is 7.12. The molecule has 2 aromatic carbocycles. The molecule has 3 heterocycles. The van der Waals surface area contributed by atoms with Crippen LogP contribution in [-0.2, 0) is 38.1 Å². The second kappa shape index (κ2) is 13.5. The van der Waals surface area contributed by atoms with Gasteiger partial charge in [0, 0.05) is 0 Å². The molecule has 0 spiro atoms. The number of hydrogen-bond acceptors (Lipinski definition) is 12. The highest BCUT2D eigenvalue weighted by Crippen LogP contribution is 2.15. The topological polar surface area (TPSA) is 203 Å². The van der Waals surface area contributed by atoms with Crippen LogP contribution >= 0.6 is 0 Å². The van der Waals surface area contributed by atoms with Crippen molar-refractivity contribution < 1.29 is 38.1 Å². The minimum absolute atomic E-state index is 0.265. The van der Waals surface area contributed by atoms with Gasteiger partial charge in [0.2, 0.25) is 0 Å². The first-order chi connectivity index (χ1) is 20.5. The van der Waals surface area contributed by atoms with Crippen LogP contribution in [0.1, 0.15) is 22.3 Å². The lowest BCUT2D eigenvalue weighted by molar-refractivity contribution is -0.137. The van der Waals surface area contributed by atoms with Crippen LogP contribution in [0, 0.1) is 0 Å². The molecule has 0 unspecified atom stereocenters. The molecule has 4 atom stereocenters. The Morgan fingerprint density at radius 3 is 1.00 bits per heavy atom. The average Bonchev–Trinajstić information content (AvgIpc) is 3.68. The first kappa shape index (κ1) is 28.4. The van der Waals surface area contributed by atoms with Crippen LogP contribution in [0.5, 0.6) is 0 Å². The molecule has 16 heteroatoms. The van der Waals surface area contributed by atoms with Gasteiger partial charge in [0.1, 0.15) is 13.6 Å². The number of amides is 4. The third-order valence-electron chi connectivity index (χ3n) is 5.95. The molecule has 4 N–H and O–H groups in total. The van der Waals surface area contributed by atoms with E-state index in [1.165, 1.54) is 24.9 Å². The van der Waals surface area contributed by atoms with Crippen LogP contribution < -0.4 is 21.7 Å². The zero-order valence-corrected chi connectivity index (χ0v) is 21.7. The number of hydrazone groups is 4. The second-order valence-corrected chi connectivity index (χ2v) is 8.86. The monoisotopic (exact) mass is 576 g/mol. The zero-order chi connectivity index (χ0) is 29.3. The summed E-state index contributed by atoms with van der Waals surface area (Å²) in [6.07, 6.45) is 0.492. The predicted molar refractivity (Wildman–Crippen MR) is 145 cm³/mol. The number of nitrogens with one attached hydrogen (secondary N) is 4.